The van der Waals surface area contributed by atoms with Gasteiger partial charge >= 0.3 is 0 Å². The number of carbonyl (C=O) groups excluding carboxylic acids is 2. The van der Waals surface area contributed by atoms with Gasteiger partial charge in [0.25, 0.3) is 0 Å². The summed E-state index contributed by atoms with van der Waals surface area (Å²) >= 11 is 5.78. The molecule has 0 saturated carbocycles. The molecule has 3 aromatic rings. The summed E-state index contributed by atoms with van der Waals surface area (Å²) in [4.78, 5) is 25.3. The van der Waals surface area contributed by atoms with E-state index in [1.165, 1.54) is 0 Å². The minimum atomic E-state index is -0.260. The number of methoxy groups -OCH3 is 1. The Balaban J connectivity index is 1.63. The molecule has 4 rings (SSSR count). The van der Waals surface area contributed by atoms with Crippen LogP contribution in [0.1, 0.15) is 31.8 Å². The number of hydrogen-bond donors (Lipinski definition) is 0. The first-order valence-corrected chi connectivity index (χ1v) is 11.0. The van der Waals surface area contributed by atoms with E-state index in [1.807, 2.05) is 30.3 Å². The highest BCUT2D eigenvalue weighted by molar-refractivity contribution is 14.1. The van der Waals surface area contributed by atoms with Crippen molar-refractivity contribution in [2.75, 3.05) is 7.11 Å². The van der Waals surface area contributed by atoms with Crippen molar-refractivity contribution in [1.82, 2.24) is 0 Å². The standard InChI is InChI=1S/C24H16BrIO4/c1-29-21-12-15(10-19-22(27)17-4-2-3-5-18(17)23(19)28)11-20(25)24(21)30-13-14-6-8-16(26)9-7-14/h2-12H,13H2,1H3. The van der Waals surface area contributed by atoms with Gasteiger partial charge in [0.2, 0.25) is 0 Å². The Morgan fingerprint density at radius 3 is 2.20 bits per heavy atom. The third kappa shape index (κ3) is 4.06. The molecule has 0 radical (unpaired) electrons. The molecule has 0 spiro atoms. The van der Waals surface area contributed by atoms with Gasteiger partial charge in [0.1, 0.15) is 6.61 Å². The van der Waals surface area contributed by atoms with Crippen LogP contribution in [0.3, 0.4) is 0 Å². The van der Waals surface area contributed by atoms with Crippen LogP contribution >= 0.6 is 38.5 Å². The summed E-state index contributed by atoms with van der Waals surface area (Å²) in [5.41, 5.74) is 2.74. The highest BCUT2D eigenvalue weighted by Crippen LogP contribution is 2.38. The minimum Gasteiger partial charge on any atom is -0.493 e. The molecular formula is C24H16BrIO4. The van der Waals surface area contributed by atoms with E-state index in [1.54, 1.807) is 43.5 Å². The maximum absolute atomic E-state index is 12.6. The molecule has 0 N–H and O–H groups in total. The molecule has 0 heterocycles. The van der Waals surface area contributed by atoms with Crippen molar-refractivity contribution >= 4 is 56.2 Å². The Hall–Kier alpha value is -2.45. The lowest BCUT2D eigenvalue weighted by Gasteiger charge is -2.14. The molecule has 6 heteroatoms. The lowest BCUT2D eigenvalue weighted by Crippen LogP contribution is -2.01. The summed E-state index contributed by atoms with van der Waals surface area (Å²) in [6, 6.07) is 18.5. The molecule has 0 unspecified atom stereocenters. The maximum atomic E-state index is 12.6. The fourth-order valence-corrected chi connectivity index (χ4v) is 4.20. The zero-order chi connectivity index (χ0) is 21.3. The van der Waals surface area contributed by atoms with E-state index in [4.69, 9.17) is 9.47 Å². The number of ether oxygens (including phenoxy) is 2. The maximum Gasteiger partial charge on any atom is 0.197 e. The van der Waals surface area contributed by atoms with Crippen molar-refractivity contribution in [2.24, 2.45) is 0 Å². The molecule has 0 aliphatic heterocycles. The molecule has 0 aromatic heterocycles. The van der Waals surface area contributed by atoms with E-state index in [2.05, 4.69) is 38.5 Å². The molecular weight excluding hydrogens is 559 g/mol. The van der Waals surface area contributed by atoms with E-state index < -0.39 is 0 Å². The number of allylic oxidation sites excluding steroid dienone is 1. The predicted molar refractivity (Wildman–Crippen MR) is 127 cm³/mol. The Kier molecular flexibility index (Phi) is 6.06. The van der Waals surface area contributed by atoms with E-state index in [0.29, 0.717) is 39.3 Å². The quantitative estimate of drug-likeness (QED) is 0.210. The van der Waals surface area contributed by atoms with Crippen LogP contribution in [0.15, 0.2) is 70.7 Å². The van der Waals surface area contributed by atoms with E-state index in [0.717, 1.165) is 9.13 Å². The van der Waals surface area contributed by atoms with Crippen LogP contribution in [-0.2, 0) is 6.61 Å². The number of halogens is 2. The molecule has 0 amide bonds. The zero-order valence-electron chi connectivity index (χ0n) is 15.9. The first kappa shape index (κ1) is 20.8. The van der Waals surface area contributed by atoms with Crippen LogP contribution in [0.4, 0.5) is 0 Å². The smallest absolute Gasteiger partial charge is 0.197 e. The molecule has 0 atom stereocenters. The van der Waals surface area contributed by atoms with Gasteiger partial charge in [-0.05, 0) is 80.0 Å². The molecule has 1 aliphatic carbocycles. The van der Waals surface area contributed by atoms with Gasteiger partial charge in [0.15, 0.2) is 23.1 Å². The van der Waals surface area contributed by atoms with Gasteiger partial charge in [-0.1, -0.05) is 36.4 Å². The number of benzene rings is 3. The summed E-state index contributed by atoms with van der Waals surface area (Å²) in [5.74, 6) is 0.553. The first-order valence-electron chi connectivity index (χ1n) is 9.13. The van der Waals surface area contributed by atoms with Crippen molar-refractivity contribution in [3.8, 4) is 11.5 Å². The Morgan fingerprint density at radius 2 is 1.60 bits per heavy atom. The van der Waals surface area contributed by atoms with Gasteiger partial charge in [-0.25, -0.2) is 0 Å². The third-order valence-corrected chi connectivity index (χ3v) is 6.07. The van der Waals surface area contributed by atoms with Gasteiger partial charge in [-0.3, -0.25) is 9.59 Å². The van der Waals surface area contributed by atoms with E-state index >= 15 is 0 Å². The monoisotopic (exact) mass is 574 g/mol. The van der Waals surface area contributed by atoms with Crippen molar-refractivity contribution in [1.29, 1.82) is 0 Å². The molecule has 150 valence electrons. The normalized spacial score (nSPS) is 12.7. The molecule has 0 bridgehead atoms. The van der Waals surface area contributed by atoms with Crippen LogP contribution in [0, 0.1) is 3.57 Å². The number of hydrogen-bond acceptors (Lipinski definition) is 4. The van der Waals surface area contributed by atoms with Crippen molar-refractivity contribution in [3.05, 3.63) is 96.5 Å². The SMILES string of the molecule is COc1cc(C=C2C(=O)c3ccccc3C2=O)cc(Br)c1OCc1ccc(I)cc1. The number of fused-ring (bicyclic) bond motifs is 1. The topological polar surface area (TPSA) is 52.6 Å². The molecule has 1 aliphatic rings. The average molecular weight is 575 g/mol. The molecule has 0 fully saturated rings. The lowest BCUT2D eigenvalue weighted by atomic mass is 10.1. The van der Waals surface area contributed by atoms with Crippen LogP contribution in [0.5, 0.6) is 11.5 Å². The largest absolute Gasteiger partial charge is 0.493 e. The average Bonchev–Trinajstić information content (AvgIpc) is 2.99. The lowest BCUT2D eigenvalue weighted by molar-refractivity contribution is 0.0990. The molecule has 0 saturated heterocycles. The summed E-state index contributed by atoms with van der Waals surface area (Å²) in [5, 5.41) is 0. The Labute approximate surface area is 196 Å². The molecule has 4 nitrogen and oxygen atoms in total. The summed E-state index contributed by atoms with van der Waals surface area (Å²) < 4.78 is 13.3. The zero-order valence-corrected chi connectivity index (χ0v) is 19.7. The third-order valence-electron chi connectivity index (χ3n) is 4.76. The summed E-state index contributed by atoms with van der Waals surface area (Å²) in [7, 11) is 1.55. The van der Waals surface area contributed by atoms with Crippen LogP contribution < -0.4 is 9.47 Å². The fraction of sp³-hybridized carbons (Fsp3) is 0.0833. The highest BCUT2D eigenvalue weighted by atomic mass is 127. The number of Topliss-reactive ketones (excluding diaryl/α,β-unsaturated/α-hetero) is 2. The van der Waals surface area contributed by atoms with Crippen LogP contribution in [-0.4, -0.2) is 18.7 Å². The molecule has 3 aromatic carbocycles. The number of rotatable bonds is 5. The van der Waals surface area contributed by atoms with Crippen molar-refractivity contribution < 1.29 is 19.1 Å². The first-order chi connectivity index (χ1) is 14.5. The fourth-order valence-electron chi connectivity index (χ4n) is 3.27. The molecule has 30 heavy (non-hydrogen) atoms. The second-order valence-electron chi connectivity index (χ2n) is 6.71. The second kappa shape index (κ2) is 8.73. The summed E-state index contributed by atoms with van der Waals surface area (Å²) in [6.07, 6.45) is 1.60. The number of carbonyl (C=O) groups is 2. The van der Waals surface area contributed by atoms with Gasteiger partial charge in [-0.15, -0.1) is 0 Å². The van der Waals surface area contributed by atoms with Crippen LogP contribution in [0.25, 0.3) is 6.08 Å². The van der Waals surface area contributed by atoms with E-state index in [-0.39, 0.29) is 17.1 Å². The minimum absolute atomic E-state index is 0.151. The van der Waals surface area contributed by atoms with Crippen molar-refractivity contribution in [2.45, 2.75) is 6.61 Å². The Morgan fingerprint density at radius 1 is 0.967 bits per heavy atom. The van der Waals surface area contributed by atoms with Gasteiger partial charge in [0.05, 0.1) is 17.2 Å². The van der Waals surface area contributed by atoms with Gasteiger partial charge in [0, 0.05) is 14.7 Å². The van der Waals surface area contributed by atoms with Crippen LogP contribution in [0.2, 0.25) is 0 Å². The Bertz CT molecular complexity index is 1150. The predicted octanol–water partition coefficient (Wildman–Crippen LogP) is 6.10. The highest BCUT2D eigenvalue weighted by Gasteiger charge is 2.32. The second-order valence-corrected chi connectivity index (χ2v) is 8.81. The number of ketones is 2. The summed E-state index contributed by atoms with van der Waals surface area (Å²) in [6.45, 7) is 0.387. The van der Waals surface area contributed by atoms with E-state index in [9.17, 15) is 9.59 Å². The van der Waals surface area contributed by atoms with Gasteiger partial charge < -0.3 is 9.47 Å². The van der Waals surface area contributed by atoms with Crippen molar-refractivity contribution in [3.63, 3.8) is 0 Å². The van der Waals surface area contributed by atoms with Gasteiger partial charge in [-0.2, -0.15) is 0 Å².